The standard InChI is InChI=1S/C51H46BN9O/c1-29(2)46-56-47(30(3)4)58-49(57-46)52-38-19-10-9-18-37(38)51(7,8)45-44(52)36-17-14-24-53-48(36)59(45)33-15-13-16-34(26-33)62-35-22-23-41-42(27-35)61(43-25-31(5)32(6)28-54-43)50-55-39-20-11-12-21-40(39)60(41)50/h9-30H,1-8H3. The van der Waals surface area contributed by atoms with E-state index < -0.39 is 5.41 Å². The molecule has 0 N–H and O–H groups in total. The predicted molar refractivity (Wildman–Crippen MR) is 249 cm³/mol. The first-order valence-corrected chi connectivity index (χ1v) is 21.5. The number of nitrogens with zero attached hydrogens (tertiary/aromatic N) is 9. The lowest BCUT2D eigenvalue weighted by Crippen LogP contribution is -2.62. The first-order chi connectivity index (χ1) is 30.0. The van der Waals surface area contributed by atoms with Crippen molar-refractivity contribution in [2.75, 3.05) is 0 Å². The summed E-state index contributed by atoms with van der Waals surface area (Å²) < 4.78 is 13.5. The highest BCUT2D eigenvalue weighted by Gasteiger charge is 2.46. The molecule has 11 rings (SSSR count). The van der Waals surface area contributed by atoms with Crippen molar-refractivity contribution in [1.82, 2.24) is 43.4 Å². The molecule has 0 atom stereocenters. The average molecular weight is 812 g/mol. The fraction of sp³-hybridized carbons (Fsp3) is 0.216. The molecule has 62 heavy (non-hydrogen) atoms. The van der Waals surface area contributed by atoms with Crippen molar-refractivity contribution in [2.45, 2.75) is 72.6 Å². The van der Waals surface area contributed by atoms with Gasteiger partial charge in [-0.25, -0.2) is 29.9 Å². The first-order valence-electron chi connectivity index (χ1n) is 21.5. The summed E-state index contributed by atoms with van der Waals surface area (Å²) in [4.78, 5) is 30.5. The van der Waals surface area contributed by atoms with Crippen LogP contribution < -0.4 is 21.4 Å². The molecule has 0 saturated carbocycles. The van der Waals surface area contributed by atoms with Gasteiger partial charge in [-0.2, -0.15) is 0 Å². The molecule has 1 aliphatic rings. The van der Waals surface area contributed by atoms with Gasteiger partial charge in [0.1, 0.15) is 40.3 Å². The van der Waals surface area contributed by atoms with Crippen LogP contribution in [0.2, 0.25) is 0 Å². The van der Waals surface area contributed by atoms with Crippen molar-refractivity contribution in [3.8, 4) is 23.0 Å². The Morgan fingerprint density at radius 1 is 0.645 bits per heavy atom. The molecule has 7 heterocycles. The first kappa shape index (κ1) is 37.8. The van der Waals surface area contributed by atoms with Crippen molar-refractivity contribution in [2.24, 2.45) is 0 Å². The predicted octanol–water partition coefficient (Wildman–Crippen LogP) is 9.16. The number of para-hydroxylation sites is 2. The summed E-state index contributed by atoms with van der Waals surface area (Å²) in [6, 6.07) is 37.9. The van der Waals surface area contributed by atoms with Gasteiger partial charge in [-0.15, -0.1) is 0 Å². The van der Waals surface area contributed by atoms with Gasteiger partial charge in [0.2, 0.25) is 5.78 Å². The SMILES string of the molecule is Cc1cnc(-n2c3cc(Oc4cccc(-n5c6c(c7cccnc75)B(c5nc(C(C)C)nc(C(C)C)n5)c5ccccc5C6(C)C)c4)ccc3n3c4ccccc4nc23)cc1C. The smallest absolute Gasteiger partial charge is 0.293 e. The molecule has 304 valence electrons. The monoisotopic (exact) mass is 811 g/mol. The Labute approximate surface area is 360 Å². The largest absolute Gasteiger partial charge is 0.457 e. The van der Waals surface area contributed by atoms with E-state index in [0.717, 1.165) is 84.6 Å². The van der Waals surface area contributed by atoms with E-state index in [1.807, 2.05) is 36.7 Å². The molecule has 4 aromatic carbocycles. The number of imidazole rings is 2. The van der Waals surface area contributed by atoms with Crippen LogP contribution in [0.25, 0.3) is 50.4 Å². The zero-order valence-electron chi connectivity index (χ0n) is 36.2. The fourth-order valence-corrected chi connectivity index (χ4v) is 9.46. The molecule has 1 aliphatic heterocycles. The lowest BCUT2D eigenvalue weighted by molar-refractivity contribution is 0.483. The minimum Gasteiger partial charge on any atom is -0.457 e. The second kappa shape index (κ2) is 14.0. The Hall–Kier alpha value is -7.14. The number of aryl methyl sites for hydroxylation is 2. The Balaban J connectivity index is 1.08. The van der Waals surface area contributed by atoms with Crippen LogP contribution in [0, 0.1) is 13.8 Å². The Morgan fingerprint density at radius 3 is 2.19 bits per heavy atom. The van der Waals surface area contributed by atoms with E-state index in [0.29, 0.717) is 11.5 Å². The van der Waals surface area contributed by atoms with E-state index in [1.165, 1.54) is 16.5 Å². The minimum absolute atomic E-state index is 0.148. The summed E-state index contributed by atoms with van der Waals surface area (Å²) in [7, 11) is 0. The third-order valence-electron chi connectivity index (χ3n) is 12.6. The summed E-state index contributed by atoms with van der Waals surface area (Å²) in [5.41, 5.74) is 13.2. The van der Waals surface area contributed by atoms with E-state index in [1.54, 1.807) is 0 Å². The van der Waals surface area contributed by atoms with Crippen molar-refractivity contribution in [1.29, 1.82) is 0 Å². The highest BCUT2D eigenvalue weighted by atomic mass is 16.5. The second-order valence-electron chi connectivity index (χ2n) is 17.8. The molecule has 0 bridgehead atoms. The Morgan fingerprint density at radius 2 is 1.40 bits per heavy atom. The number of pyridine rings is 2. The number of aromatic nitrogens is 9. The topological polar surface area (TPSA) is 101 Å². The summed E-state index contributed by atoms with van der Waals surface area (Å²) in [5.74, 6) is 4.93. The van der Waals surface area contributed by atoms with Gasteiger partial charge in [-0.3, -0.25) is 13.5 Å². The van der Waals surface area contributed by atoms with Gasteiger partial charge in [-0.05, 0) is 84.5 Å². The highest BCUT2D eigenvalue weighted by Crippen LogP contribution is 2.39. The summed E-state index contributed by atoms with van der Waals surface area (Å²) in [6.07, 6.45) is 3.81. The third-order valence-corrected chi connectivity index (χ3v) is 12.6. The molecule has 0 spiro atoms. The van der Waals surface area contributed by atoms with Gasteiger partial charge in [0.15, 0.2) is 0 Å². The van der Waals surface area contributed by atoms with Crippen LogP contribution >= 0.6 is 0 Å². The van der Waals surface area contributed by atoms with Crippen molar-refractivity contribution in [3.05, 3.63) is 156 Å². The van der Waals surface area contributed by atoms with Crippen LogP contribution in [0.15, 0.2) is 122 Å². The molecule has 0 saturated heterocycles. The van der Waals surface area contributed by atoms with Crippen LogP contribution in [0.3, 0.4) is 0 Å². The van der Waals surface area contributed by atoms with E-state index in [2.05, 4.69) is 154 Å². The zero-order chi connectivity index (χ0) is 42.6. The van der Waals surface area contributed by atoms with E-state index >= 15 is 0 Å². The second-order valence-corrected chi connectivity index (χ2v) is 17.8. The van der Waals surface area contributed by atoms with Crippen LogP contribution in [-0.2, 0) is 5.41 Å². The van der Waals surface area contributed by atoms with Gasteiger partial charge >= 0.3 is 0 Å². The lowest BCUT2D eigenvalue weighted by Gasteiger charge is -2.37. The van der Waals surface area contributed by atoms with Gasteiger partial charge < -0.3 is 4.74 Å². The van der Waals surface area contributed by atoms with Gasteiger partial charge in [0, 0.05) is 52.9 Å². The molecule has 10 aromatic rings. The fourth-order valence-electron chi connectivity index (χ4n) is 9.46. The molecule has 0 aliphatic carbocycles. The van der Waals surface area contributed by atoms with Crippen molar-refractivity contribution < 1.29 is 4.74 Å². The maximum Gasteiger partial charge on any atom is 0.293 e. The van der Waals surface area contributed by atoms with E-state index in [9.17, 15) is 0 Å². The molecule has 0 fully saturated rings. The number of ether oxygens (including phenoxy) is 1. The number of fused-ring (bicyclic) bond motifs is 9. The summed E-state index contributed by atoms with van der Waals surface area (Å²) in [5, 5.41) is 1.07. The maximum absolute atomic E-state index is 6.82. The summed E-state index contributed by atoms with van der Waals surface area (Å²) in [6.45, 7) is 17.2. The number of rotatable bonds is 7. The van der Waals surface area contributed by atoms with E-state index in [4.69, 9.17) is 34.6 Å². The van der Waals surface area contributed by atoms with Crippen LogP contribution in [-0.4, -0.2) is 50.2 Å². The zero-order valence-corrected chi connectivity index (χ0v) is 36.2. The number of hydrogen-bond acceptors (Lipinski definition) is 7. The molecule has 0 unspecified atom stereocenters. The molecule has 0 radical (unpaired) electrons. The van der Waals surface area contributed by atoms with Crippen molar-refractivity contribution in [3.63, 3.8) is 0 Å². The molecule has 11 heteroatoms. The van der Waals surface area contributed by atoms with Gasteiger partial charge in [0.25, 0.3) is 6.71 Å². The molecular formula is C51H46BN9O. The number of hydrogen-bond donors (Lipinski definition) is 0. The molecule has 10 nitrogen and oxygen atoms in total. The van der Waals surface area contributed by atoms with Crippen molar-refractivity contribution >= 4 is 62.2 Å². The Bertz CT molecular complexity index is 3400. The molecule has 0 amide bonds. The summed E-state index contributed by atoms with van der Waals surface area (Å²) >= 11 is 0. The number of benzene rings is 4. The Kier molecular flexibility index (Phi) is 8.52. The third kappa shape index (κ3) is 5.71. The van der Waals surface area contributed by atoms with Crippen LogP contribution in [0.1, 0.15) is 87.4 Å². The van der Waals surface area contributed by atoms with Crippen LogP contribution in [0.4, 0.5) is 0 Å². The van der Waals surface area contributed by atoms with Crippen LogP contribution in [0.5, 0.6) is 11.5 Å². The quantitative estimate of drug-likeness (QED) is 0.148. The van der Waals surface area contributed by atoms with Gasteiger partial charge in [-0.1, -0.05) is 95.5 Å². The molecule has 6 aromatic heterocycles. The van der Waals surface area contributed by atoms with E-state index in [-0.39, 0.29) is 18.5 Å². The molecular weight excluding hydrogens is 765 g/mol. The van der Waals surface area contributed by atoms with Gasteiger partial charge in [0.05, 0.1) is 27.8 Å². The average Bonchev–Trinajstić information content (AvgIpc) is 3.92. The normalized spacial score (nSPS) is 13.5. The highest BCUT2D eigenvalue weighted by molar-refractivity contribution is 6.97. The maximum atomic E-state index is 6.82. The lowest BCUT2D eigenvalue weighted by atomic mass is 9.34. The minimum atomic E-state index is -0.407.